The number of hydrogen-bond donors (Lipinski definition) is 2. The standard InChI is InChI=1S/C11H13N3O3S/c1-18(15,16)14-11-5-4-9(7-13-11)12-8-10-3-2-6-17-10/h2-7,12H,8H2,1H3,(H,13,14). The van der Waals surface area contributed by atoms with Crippen LogP contribution in [0.25, 0.3) is 0 Å². The molecule has 2 N–H and O–H groups in total. The molecule has 0 aliphatic heterocycles. The van der Waals surface area contributed by atoms with Crippen LogP contribution in [0.4, 0.5) is 11.5 Å². The lowest BCUT2D eigenvalue weighted by Gasteiger charge is -2.06. The molecule has 0 atom stereocenters. The Labute approximate surface area is 105 Å². The predicted octanol–water partition coefficient (Wildman–Crippen LogP) is 1.66. The first-order valence-electron chi connectivity index (χ1n) is 5.23. The minimum absolute atomic E-state index is 0.293. The molecule has 2 heterocycles. The van der Waals surface area contributed by atoms with Crippen LogP contribution in [0.15, 0.2) is 41.1 Å². The summed E-state index contributed by atoms with van der Waals surface area (Å²) in [7, 11) is -3.29. The van der Waals surface area contributed by atoms with Gasteiger partial charge < -0.3 is 9.73 Å². The molecular formula is C11H13N3O3S. The van der Waals surface area contributed by atoms with Crippen LogP contribution in [0.5, 0.6) is 0 Å². The van der Waals surface area contributed by atoms with E-state index in [-0.39, 0.29) is 0 Å². The number of sulfonamides is 1. The minimum atomic E-state index is -3.29. The average molecular weight is 267 g/mol. The van der Waals surface area contributed by atoms with Crippen molar-refractivity contribution in [2.75, 3.05) is 16.3 Å². The van der Waals surface area contributed by atoms with E-state index < -0.39 is 10.0 Å². The van der Waals surface area contributed by atoms with Crippen LogP contribution in [0.1, 0.15) is 5.76 Å². The van der Waals surface area contributed by atoms with E-state index in [1.54, 1.807) is 24.6 Å². The van der Waals surface area contributed by atoms with Gasteiger partial charge >= 0.3 is 0 Å². The third-order valence-corrected chi connectivity index (χ3v) is 2.68. The maximum Gasteiger partial charge on any atom is 0.230 e. The van der Waals surface area contributed by atoms with E-state index in [0.29, 0.717) is 12.4 Å². The molecule has 0 radical (unpaired) electrons. The molecule has 2 aromatic heterocycles. The van der Waals surface area contributed by atoms with Crippen molar-refractivity contribution < 1.29 is 12.8 Å². The fraction of sp³-hybridized carbons (Fsp3) is 0.182. The second kappa shape index (κ2) is 5.09. The van der Waals surface area contributed by atoms with Crippen LogP contribution < -0.4 is 10.0 Å². The number of anilines is 2. The Morgan fingerprint density at radius 3 is 2.72 bits per heavy atom. The van der Waals surface area contributed by atoms with Gasteiger partial charge in [0.15, 0.2) is 0 Å². The van der Waals surface area contributed by atoms with Crippen molar-refractivity contribution in [2.45, 2.75) is 6.54 Å². The summed E-state index contributed by atoms with van der Waals surface area (Å²) < 4.78 is 29.4. The Bertz CT molecular complexity index is 591. The number of furan rings is 1. The van der Waals surface area contributed by atoms with Gasteiger partial charge in [-0.2, -0.15) is 0 Å². The number of nitrogens with zero attached hydrogens (tertiary/aromatic N) is 1. The third-order valence-electron chi connectivity index (χ3n) is 2.10. The molecule has 0 aromatic carbocycles. The molecule has 0 aliphatic rings. The molecule has 2 rings (SSSR count). The largest absolute Gasteiger partial charge is 0.467 e. The predicted molar refractivity (Wildman–Crippen MR) is 68.7 cm³/mol. The van der Waals surface area contributed by atoms with E-state index in [1.807, 2.05) is 12.1 Å². The molecule has 0 bridgehead atoms. The molecule has 0 saturated heterocycles. The summed E-state index contributed by atoms with van der Waals surface area (Å²) in [5.41, 5.74) is 0.783. The number of pyridine rings is 1. The fourth-order valence-corrected chi connectivity index (χ4v) is 1.85. The van der Waals surface area contributed by atoms with Gasteiger partial charge in [-0.3, -0.25) is 4.72 Å². The number of hydrogen-bond acceptors (Lipinski definition) is 5. The van der Waals surface area contributed by atoms with Crippen molar-refractivity contribution in [3.63, 3.8) is 0 Å². The molecule has 0 unspecified atom stereocenters. The second-order valence-corrected chi connectivity index (χ2v) is 5.49. The molecule has 0 fully saturated rings. The van der Waals surface area contributed by atoms with Gasteiger partial charge in [-0.15, -0.1) is 0 Å². The van der Waals surface area contributed by atoms with Gasteiger partial charge in [0.2, 0.25) is 10.0 Å². The summed E-state index contributed by atoms with van der Waals surface area (Å²) in [6.45, 7) is 0.549. The Morgan fingerprint density at radius 1 is 1.33 bits per heavy atom. The number of nitrogens with one attached hydrogen (secondary N) is 2. The molecule has 18 heavy (non-hydrogen) atoms. The van der Waals surface area contributed by atoms with E-state index in [2.05, 4.69) is 15.0 Å². The van der Waals surface area contributed by atoms with E-state index >= 15 is 0 Å². The van der Waals surface area contributed by atoms with Crippen LogP contribution in [0.3, 0.4) is 0 Å². The smallest absolute Gasteiger partial charge is 0.230 e. The molecule has 0 amide bonds. The first-order valence-corrected chi connectivity index (χ1v) is 7.12. The highest BCUT2D eigenvalue weighted by molar-refractivity contribution is 7.92. The Morgan fingerprint density at radius 2 is 2.17 bits per heavy atom. The SMILES string of the molecule is CS(=O)(=O)Nc1ccc(NCc2ccco2)cn1. The highest BCUT2D eigenvalue weighted by atomic mass is 32.2. The van der Waals surface area contributed by atoms with Crippen molar-refractivity contribution in [3.05, 3.63) is 42.5 Å². The lowest BCUT2D eigenvalue weighted by atomic mass is 10.4. The Balaban J connectivity index is 1.95. The van der Waals surface area contributed by atoms with E-state index in [0.717, 1.165) is 17.7 Å². The highest BCUT2D eigenvalue weighted by Gasteiger charge is 2.02. The van der Waals surface area contributed by atoms with E-state index in [1.165, 1.54) is 0 Å². The molecule has 2 aromatic rings. The molecule has 7 heteroatoms. The molecule has 0 aliphatic carbocycles. The average Bonchev–Trinajstić information content (AvgIpc) is 2.79. The van der Waals surface area contributed by atoms with Crippen molar-refractivity contribution >= 4 is 21.5 Å². The maximum atomic E-state index is 11.0. The Hall–Kier alpha value is -2.02. The summed E-state index contributed by atoms with van der Waals surface area (Å²) >= 11 is 0. The molecule has 96 valence electrons. The minimum Gasteiger partial charge on any atom is -0.467 e. The van der Waals surface area contributed by atoms with E-state index in [9.17, 15) is 8.42 Å². The lowest BCUT2D eigenvalue weighted by Crippen LogP contribution is -2.10. The molecular weight excluding hydrogens is 254 g/mol. The quantitative estimate of drug-likeness (QED) is 0.860. The molecule has 0 saturated carbocycles. The summed E-state index contributed by atoms with van der Waals surface area (Å²) in [6.07, 6.45) is 4.24. The van der Waals surface area contributed by atoms with Gasteiger partial charge in [0.25, 0.3) is 0 Å². The summed E-state index contributed by atoms with van der Waals surface area (Å²) in [5, 5.41) is 3.10. The van der Waals surface area contributed by atoms with Crippen LogP contribution in [-0.2, 0) is 16.6 Å². The fourth-order valence-electron chi connectivity index (χ4n) is 1.35. The lowest BCUT2D eigenvalue weighted by molar-refractivity contribution is 0.518. The summed E-state index contributed by atoms with van der Waals surface area (Å²) in [5.74, 6) is 1.11. The maximum absolute atomic E-state index is 11.0. The van der Waals surface area contributed by atoms with Gasteiger partial charge in [0.1, 0.15) is 11.6 Å². The number of rotatable bonds is 5. The van der Waals surface area contributed by atoms with Crippen LogP contribution in [0, 0.1) is 0 Å². The van der Waals surface area contributed by atoms with Gasteiger partial charge in [-0.05, 0) is 24.3 Å². The van der Waals surface area contributed by atoms with Crippen molar-refractivity contribution in [1.82, 2.24) is 4.98 Å². The van der Waals surface area contributed by atoms with Gasteiger partial charge in [-0.1, -0.05) is 0 Å². The second-order valence-electron chi connectivity index (χ2n) is 3.74. The normalized spacial score (nSPS) is 11.2. The van der Waals surface area contributed by atoms with Crippen molar-refractivity contribution in [3.8, 4) is 0 Å². The van der Waals surface area contributed by atoms with Crippen molar-refractivity contribution in [1.29, 1.82) is 0 Å². The molecule has 6 nitrogen and oxygen atoms in total. The summed E-state index contributed by atoms with van der Waals surface area (Å²) in [4.78, 5) is 3.98. The Kier molecular flexibility index (Phi) is 3.52. The van der Waals surface area contributed by atoms with Crippen LogP contribution in [-0.4, -0.2) is 19.7 Å². The van der Waals surface area contributed by atoms with Gasteiger partial charge in [-0.25, -0.2) is 13.4 Å². The zero-order chi connectivity index (χ0) is 13.0. The monoisotopic (exact) mass is 267 g/mol. The first-order chi connectivity index (χ1) is 8.53. The summed E-state index contributed by atoms with van der Waals surface area (Å²) in [6, 6.07) is 7.00. The van der Waals surface area contributed by atoms with Gasteiger partial charge in [0, 0.05) is 0 Å². The van der Waals surface area contributed by atoms with E-state index in [4.69, 9.17) is 4.42 Å². The highest BCUT2D eigenvalue weighted by Crippen LogP contribution is 2.12. The zero-order valence-electron chi connectivity index (χ0n) is 9.75. The zero-order valence-corrected chi connectivity index (χ0v) is 10.6. The van der Waals surface area contributed by atoms with Crippen molar-refractivity contribution in [2.24, 2.45) is 0 Å². The van der Waals surface area contributed by atoms with Gasteiger partial charge in [0.05, 0.1) is 30.9 Å². The first kappa shape index (κ1) is 12.4. The molecule has 0 spiro atoms. The number of aromatic nitrogens is 1. The topological polar surface area (TPSA) is 84.2 Å². The van der Waals surface area contributed by atoms with Crippen LogP contribution >= 0.6 is 0 Å². The third kappa shape index (κ3) is 3.77. The van der Waals surface area contributed by atoms with Crippen LogP contribution in [0.2, 0.25) is 0 Å².